The topological polar surface area (TPSA) is 4.93 Å². The van der Waals surface area contributed by atoms with Crippen molar-refractivity contribution in [1.29, 1.82) is 0 Å². The molecule has 2 rings (SSSR count). The van der Waals surface area contributed by atoms with E-state index in [1.807, 2.05) is 0 Å². The highest BCUT2D eigenvalue weighted by Gasteiger charge is 2.18. The molecule has 0 spiro atoms. The highest BCUT2D eigenvalue weighted by molar-refractivity contribution is 5.84. The van der Waals surface area contributed by atoms with Crippen LogP contribution in [-0.4, -0.2) is 4.57 Å². The molecule has 1 heteroatoms. The Balaban J connectivity index is 2.80. The van der Waals surface area contributed by atoms with Gasteiger partial charge in [-0.2, -0.15) is 0 Å². The number of benzene rings is 1. The molecule has 0 amide bonds. The van der Waals surface area contributed by atoms with Crippen molar-refractivity contribution >= 4 is 10.9 Å². The molecule has 1 heterocycles. The summed E-state index contributed by atoms with van der Waals surface area (Å²) in [5.41, 5.74) is 2.97. The fourth-order valence-corrected chi connectivity index (χ4v) is 1.94. The summed E-state index contributed by atoms with van der Waals surface area (Å²) in [4.78, 5) is 0. The van der Waals surface area contributed by atoms with Gasteiger partial charge < -0.3 is 4.57 Å². The van der Waals surface area contributed by atoms with Crippen LogP contribution in [0.25, 0.3) is 10.9 Å². The maximum atomic E-state index is 2.26. The van der Waals surface area contributed by atoms with E-state index in [4.69, 9.17) is 0 Å². The molecule has 0 fully saturated rings. The molecule has 0 saturated heterocycles. The smallest absolute Gasteiger partial charge is 0.0480 e. The first-order valence-electron chi connectivity index (χ1n) is 5.05. The predicted molar refractivity (Wildman–Crippen MR) is 61.6 cm³/mol. The second-order valence-corrected chi connectivity index (χ2v) is 4.92. The molecule has 0 saturated carbocycles. The minimum atomic E-state index is 0.223. The van der Waals surface area contributed by atoms with Crippen molar-refractivity contribution in [2.75, 3.05) is 0 Å². The number of aromatic nitrogens is 1. The van der Waals surface area contributed by atoms with E-state index in [0.717, 1.165) is 0 Å². The Bertz CT molecular complexity index is 458. The molecule has 1 aromatic carbocycles. The van der Waals surface area contributed by atoms with Crippen LogP contribution in [0, 0.1) is 0 Å². The third kappa shape index (κ3) is 1.33. The number of hydrogen-bond acceptors (Lipinski definition) is 0. The van der Waals surface area contributed by atoms with Gasteiger partial charge in [0, 0.05) is 24.1 Å². The zero-order valence-corrected chi connectivity index (χ0v) is 9.33. The summed E-state index contributed by atoms with van der Waals surface area (Å²) in [5, 5.41) is 1.38. The molecule has 2 aromatic rings. The molecular weight excluding hydrogens is 170 g/mol. The minimum Gasteiger partial charge on any atom is -0.350 e. The van der Waals surface area contributed by atoms with Gasteiger partial charge in [0.2, 0.25) is 0 Å². The van der Waals surface area contributed by atoms with Gasteiger partial charge in [0.05, 0.1) is 0 Å². The molecule has 0 radical (unpaired) electrons. The quantitative estimate of drug-likeness (QED) is 0.595. The number of rotatable bonds is 0. The summed E-state index contributed by atoms with van der Waals surface area (Å²) < 4.78 is 2.20. The monoisotopic (exact) mass is 187 g/mol. The van der Waals surface area contributed by atoms with Crippen LogP contribution < -0.4 is 0 Å². The average Bonchev–Trinajstić information content (AvgIpc) is 2.44. The van der Waals surface area contributed by atoms with E-state index in [2.05, 4.69) is 62.8 Å². The van der Waals surface area contributed by atoms with Gasteiger partial charge in [0.25, 0.3) is 0 Å². The summed E-state index contributed by atoms with van der Waals surface area (Å²) in [6.07, 6.45) is 2.24. The van der Waals surface area contributed by atoms with Crippen molar-refractivity contribution < 1.29 is 0 Å². The van der Waals surface area contributed by atoms with E-state index in [0.29, 0.717) is 0 Å². The lowest BCUT2D eigenvalue weighted by molar-refractivity contribution is 0.593. The van der Waals surface area contributed by atoms with Crippen molar-refractivity contribution in [2.24, 2.45) is 7.05 Å². The van der Waals surface area contributed by atoms with Gasteiger partial charge in [-0.15, -0.1) is 0 Å². The number of fused-ring (bicyclic) bond motifs is 1. The van der Waals surface area contributed by atoms with Crippen molar-refractivity contribution in [1.82, 2.24) is 4.57 Å². The van der Waals surface area contributed by atoms with Crippen LogP contribution in [-0.2, 0) is 12.5 Å². The number of aryl methyl sites for hydroxylation is 1. The Kier molecular flexibility index (Phi) is 1.91. The Morgan fingerprint density at radius 2 is 1.71 bits per heavy atom. The second-order valence-electron chi connectivity index (χ2n) is 4.92. The summed E-state index contributed by atoms with van der Waals surface area (Å²) >= 11 is 0. The molecule has 0 aliphatic carbocycles. The standard InChI is InChI=1S/C13H17N/c1-13(2,3)11-9-14(4)12-8-6-5-7-10(11)12/h5-9H,1-4H3. The highest BCUT2D eigenvalue weighted by Crippen LogP contribution is 2.30. The van der Waals surface area contributed by atoms with Gasteiger partial charge in [0.1, 0.15) is 0 Å². The van der Waals surface area contributed by atoms with E-state index in [1.54, 1.807) is 0 Å². The van der Waals surface area contributed by atoms with Crippen molar-refractivity contribution in [3.05, 3.63) is 36.0 Å². The maximum absolute atomic E-state index is 2.26. The van der Waals surface area contributed by atoms with E-state index >= 15 is 0 Å². The molecule has 0 aliphatic rings. The maximum Gasteiger partial charge on any atom is 0.0480 e. The van der Waals surface area contributed by atoms with Gasteiger partial charge in [-0.1, -0.05) is 39.0 Å². The lowest BCUT2D eigenvalue weighted by Gasteiger charge is -2.17. The summed E-state index contributed by atoms with van der Waals surface area (Å²) in [6.45, 7) is 6.78. The van der Waals surface area contributed by atoms with Crippen molar-refractivity contribution in [2.45, 2.75) is 26.2 Å². The van der Waals surface area contributed by atoms with E-state index in [9.17, 15) is 0 Å². The van der Waals surface area contributed by atoms with E-state index in [1.165, 1.54) is 16.5 Å². The van der Waals surface area contributed by atoms with Gasteiger partial charge in [-0.3, -0.25) is 0 Å². The van der Waals surface area contributed by atoms with Crippen LogP contribution in [0.5, 0.6) is 0 Å². The lowest BCUT2D eigenvalue weighted by Crippen LogP contribution is -2.10. The number of hydrogen-bond donors (Lipinski definition) is 0. The van der Waals surface area contributed by atoms with Crippen LogP contribution in [0.4, 0.5) is 0 Å². The average molecular weight is 187 g/mol. The van der Waals surface area contributed by atoms with E-state index < -0.39 is 0 Å². The zero-order chi connectivity index (χ0) is 10.3. The van der Waals surface area contributed by atoms with Gasteiger partial charge >= 0.3 is 0 Å². The highest BCUT2D eigenvalue weighted by atomic mass is 14.9. The summed E-state index contributed by atoms with van der Waals surface area (Å²) in [5.74, 6) is 0. The van der Waals surface area contributed by atoms with Crippen LogP contribution in [0.15, 0.2) is 30.5 Å². The summed E-state index contributed by atoms with van der Waals surface area (Å²) in [6, 6.07) is 8.58. The Morgan fingerprint density at radius 3 is 2.36 bits per heavy atom. The SMILES string of the molecule is Cn1cc(C(C)(C)C)c2ccccc21. The van der Waals surface area contributed by atoms with Crippen LogP contribution in [0.3, 0.4) is 0 Å². The Hall–Kier alpha value is -1.24. The second kappa shape index (κ2) is 2.88. The first-order chi connectivity index (χ1) is 6.50. The summed E-state index contributed by atoms with van der Waals surface area (Å²) in [7, 11) is 2.11. The zero-order valence-electron chi connectivity index (χ0n) is 9.33. The largest absolute Gasteiger partial charge is 0.350 e. The lowest BCUT2D eigenvalue weighted by atomic mass is 9.87. The van der Waals surface area contributed by atoms with Crippen LogP contribution in [0.2, 0.25) is 0 Å². The Labute approximate surface area is 85.4 Å². The molecule has 1 aromatic heterocycles. The van der Waals surface area contributed by atoms with Crippen molar-refractivity contribution in [3.8, 4) is 0 Å². The minimum absolute atomic E-state index is 0.223. The van der Waals surface area contributed by atoms with Gasteiger partial charge in [-0.25, -0.2) is 0 Å². The fourth-order valence-electron chi connectivity index (χ4n) is 1.94. The molecule has 14 heavy (non-hydrogen) atoms. The van der Waals surface area contributed by atoms with Gasteiger partial charge in [-0.05, 0) is 17.0 Å². The molecular formula is C13H17N. The molecule has 74 valence electrons. The molecule has 0 unspecified atom stereocenters. The van der Waals surface area contributed by atoms with Gasteiger partial charge in [0.15, 0.2) is 0 Å². The van der Waals surface area contributed by atoms with Crippen LogP contribution in [0.1, 0.15) is 26.3 Å². The van der Waals surface area contributed by atoms with Crippen molar-refractivity contribution in [3.63, 3.8) is 0 Å². The number of nitrogens with zero attached hydrogens (tertiary/aromatic N) is 1. The molecule has 0 aliphatic heterocycles. The predicted octanol–water partition coefficient (Wildman–Crippen LogP) is 3.48. The third-order valence-corrected chi connectivity index (χ3v) is 2.70. The first kappa shape index (κ1) is 9.32. The first-order valence-corrected chi connectivity index (χ1v) is 5.05. The normalized spacial score (nSPS) is 12.3. The number of para-hydroxylation sites is 1. The fraction of sp³-hybridized carbons (Fsp3) is 0.385. The Morgan fingerprint density at radius 1 is 1.07 bits per heavy atom. The van der Waals surface area contributed by atoms with Crippen LogP contribution >= 0.6 is 0 Å². The third-order valence-electron chi connectivity index (χ3n) is 2.70. The molecule has 0 atom stereocenters. The van der Waals surface area contributed by atoms with E-state index in [-0.39, 0.29) is 5.41 Å². The molecule has 0 N–H and O–H groups in total. The molecule has 1 nitrogen and oxygen atoms in total. The molecule has 0 bridgehead atoms.